The Bertz CT molecular complexity index is 420. The average molecular weight is 313 g/mol. The van der Waals surface area contributed by atoms with Crippen molar-refractivity contribution < 1.29 is 4.79 Å². The summed E-state index contributed by atoms with van der Waals surface area (Å²) in [5.41, 5.74) is 0. The van der Waals surface area contributed by atoms with Crippen LogP contribution in [0.5, 0.6) is 0 Å². The van der Waals surface area contributed by atoms with E-state index in [0.717, 1.165) is 30.7 Å². The fourth-order valence-corrected chi connectivity index (χ4v) is 2.29. The Balaban J connectivity index is 1.97. The Morgan fingerprint density at radius 2 is 2.28 bits per heavy atom. The lowest BCUT2D eigenvalue weighted by Gasteiger charge is -2.31. The van der Waals surface area contributed by atoms with E-state index in [-0.39, 0.29) is 11.9 Å². The SMILES string of the molecule is CC(C(=O)Nc1ncccc1Br)N1CCNCC1. The summed E-state index contributed by atoms with van der Waals surface area (Å²) in [5.74, 6) is 0.556. The van der Waals surface area contributed by atoms with Gasteiger partial charge < -0.3 is 10.6 Å². The van der Waals surface area contributed by atoms with Crippen molar-refractivity contribution in [3.63, 3.8) is 0 Å². The summed E-state index contributed by atoms with van der Waals surface area (Å²) in [6.45, 7) is 5.60. The molecule has 2 N–H and O–H groups in total. The van der Waals surface area contributed by atoms with Crippen LogP contribution in [0.25, 0.3) is 0 Å². The third kappa shape index (κ3) is 3.28. The second kappa shape index (κ2) is 6.26. The lowest BCUT2D eigenvalue weighted by molar-refractivity contribution is -0.121. The Labute approximate surface area is 115 Å². The number of halogens is 1. The van der Waals surface area contributed by atoms with E-state index in [1.165, 1.54) is 0 Å². The van der Waals surface area contributed by atoms with E-state index < -0.39 is 0 Å². The largest absolute Gasteiger partial charge is 0.314 e. The molecule has 1 amide bonds. The van der Waals surface area contributed by atoms with Crippen molar-refractivity contribution >= 4 is 27.7 Å². The lowest BCUT2D eigenvalue weighted by atomic mass is 10.2. The van der Waals surface area contributed by atoms with Crippen LogP contribution >= 0.6 is 15.9 Å². The molecule has 18 heavy (non-hydrogen) atoms. The van der Waals surface area contributed by atoms with Gasteiger partial charge in [-0.1, -0.05) is 0 Å². The van der Waals surface area contributed by atoms with Crippen LogP contribution in [0.1, 0.15) is 6.92 Å². The maximum atomic E-state index is 12.1. The molecule has 0 spiro atoms. The van der Waals surface area contributed by atoms with Crippen molar-refractivity contribution in [2.45, 2.75) is 13.0 Å². The molecule has 1 aliphatic rings. The molecule has 0 radical (unpaired) electrons. The molecular formula is C12H17BrN4O. The molecule has 0 aromatic carbocycles. The van der Waals surface area contributed by atoms with Crippen LogP contribution in [0.2, 0.25) is 0 Å². The number of pyridine rings is 1. The van der Waals surface area contributed by atoms with Gasteiger partial charge in [-0.3, -0.25) is 9.69 Å². The summed E-state index contributed by atoms with van der Waals surface area (Å²) in [5, 5.41) is 6.12. The fraction of sp³-hybridized carbons (Fsp3) is 0.500. The van der Waals surface area contributed by atoms with E-state index in [9.17, 15) is 4.79 Å². The third-order valence-electron chi connectivity index (χ3n) is 3.08. The molecule has 6 heteroatoms. The number of nitrogens with zero attached hydrogens (tertiary/aromatic N) is 2. The smallest absolute Gasteiger partial charge is 0.242 e. The van der Waals surface area contributed by atoms with Gasteiger partial charge in [0.25, 0.3) is 0 Å². The average Bonchev–Trinajstić information content (AvgIpc) is 2.41. The highest BCUT2D eigenvalue weighted by molar-refractivity contribution is 9.10. The van der Waals surface area contributed by atoms with Crippen molar-refractivity contribution in [2.75, 3.05) is 31.5 Å². The summed E-state index contributed by atoms with van der Waals surface area (Å²) in [7, 11) is 0. The van der Waals surface area contributed by atoms with Gasteiger partial charge in [0, 0.05) is 32.4 Å². The van der Waals surface area contributed by atoms with Crippen molar-refractivity contribution in [1.82, 2.24) is 15.2 Å². The van der Waals surface area contributed by atoms with E-state index in [1.807, 2.05) is 19.1 Å². The number of aromatic nitrogens is 1. The van der Waals surface area contributed by atoms with Crippen molar-refractivity contribution in [3.8, 4) is 0 Å². The number of carbonyl (C=O) groups excluding carboxylic acids is 1. The van der Waals surface area contributed by atoms with Gasteiger partial charge in [0.1, 0.15) is 5.82 Å². The van der Waals surface area contributed by atoms with Gasteiger partial charge in [-0.15, -0.1) is 0 Å². The summed E-state index contributed by atoms with van der Waals surface area (Å²) < 4.78 is 0.797. The van der Waals surface area contributed by atoms with Gasteiger partial charge in [-0.05, 0) is 35.0 Å². The number of anilines is 1. The zero-order valence-electron chi connectivity index (χ0n) is 10.3. The molecule has 5 nitrogen and oxygen atoms in total. The molecule has 2 rings (SSSR count). The molecule has 2 heterocycles. The third-order valence-corrected chi connectivity index (χ3v) is 3.72. The molecule has 1 fully saturated rings. The highest BCUT2D eigenvalue weighted by Gasteiger charge is 2.23. The highest BCUT2D eigenvalue weighted by atomic mass is 79.9. The number of amides is 1. The molecule has 0 aliphatic carbocycles. The maximum Gasteiger partial charge on any atom is 0.242 e. The van der Waals surface area contributed by atoms with Gasteiger partial charge in [-0.25, -0.2) is 4.98 Å². The Kier molecular flexibility index (Phi) is 4.68. The minimum absolute atomic E-state index is 0.0173. The quantitative estimate of drug-likeness (QED) is 0.877. The van der Waals surface area contributed by atoms with Gasteiger partial charge in [0.2, 0.25) is 5.91 Å². The van der Waals surface area contributed by atoms with Crippen molar-refractivity contribution in [2.24, 2.45) is 0 Å². The predicted molar refractivity (Wildman–Crippen MR) is 74.5 cm³/mol. The van der Waals surface area contributed by atoms with Crippen LogP contribution in [-0.2, 0) is 4.79 Å². The number of hydrogen-bond donors (Lipinski definition) is 2. The topological polar surface area (TPSA) is 57.3 Å². The van der Waals surface area contributed by atoms with E-state index in [4.69, 9.17) is 0 Å². The molecule has 1 aliphatic heterocycles. The minimum atomic E-state index is -0.138. The zero-order chi connectivity index (χ0) is 13.0. The summed E-state index contributed by atoms with van der Waals surface area (Å²) in [4.78, 5) is 18.4. The van der Waals surface area contributed by atoms with Crippen LogP contribution in [0, 0.1) is 0 Å². The summed E-state index contributed by atoms with van der Waals surface area (Å²) in [6, 6.07) is 3.54. The first-order valence-electron chi connectivity index (χ1n) is 6.04. The van der Waals surface area contributed by atoms with Crippen LogP contribution in [0.4, 0.5) is 5.82 Å². The number of hydrogen-bond acceptors (Lipinski definition) is 4. The van der Waals surface area contributed by atoms with Crippen LogP contribution in [0.15, 0.2) is 22.8 Å². The molecule has 0 saturated carbocycles. The lowest BCUT2D eigenvalue weighted by Crippen LogP contribution is -2.51. The van der Waals surface area contributed by atoms with E-state index in [0.29, 0.717) is 5.82 Å². The molecule has 1 saturated heterocycles. The molecule has 98 valence electrons. The second-order valence-electron chi connectivity index (χ2n) is 4.29. The summed E-state index contributed by atoms with van der Waals surface area (Å²) in [6.07, 6.45) is 1.66. The summed E-state index contributed by atoms with van der Waals surface area (Å²) >= 11 is 3.37. The van der Waals surface area contributed by atoms with E-state index in [2.05, 4.69) is 36.4 Å². The number of nitrogens with one attached hydrogen (secondary N) is 2. The number of carbonyl (C=O) groups is 1. The molecule has 1 unspecified atom stereocenters. The van der Waals surface area contributed by atoms with E-state index in [1.54, 1.807) is 6.20 Å². The standard InChI is InChI=1S/C12H17BrN4O/c1-9(17-7-5-14-6-8-17)12(18)16-11-10(13)3-2-4-15-11/h2-4,9,14H,5-8H2,1H3,(H,15,16,18). The minimum Gasteiger partial charge on any atom is -0.314 e. The first-order valence-corrected chi connectivity index (χ1v) is 6.84. The highest BCUT2D eigenvalue weighted by Crippen LogP contribution is 2.18. The zero-order valence-corrected chi connectivity index (χ0v) is 11.9. The molecule has 1 atom stereocenters. The van der Waals surface area contributed by atoms with Gasteiger partial charge in [0.15, 0.2) is 0 Å². The fourth-order valence-electron chi connectivity index (χ4n) is 1.93. The van der Waals surface area contributed by atoms with Crippen molar-refractivity contribution in [3.05, 3.63) is 22.8 Å². The van der Waals surface area contributed by atoms with Crippen LogP contribution in [0.3, 0.4) is 0 Å². The van der Waals surface area contributed by atoms with E-state index >= 15 is 0 Å². The van der Waals surface area contributed by atoms with Crippen molar-refractivity contribution in [1.29, 1.82) is 0 Å². The Morgan fingerprint density at radius 3 is 2.94 bits per heavy atom. The number of piperazine rings is 1. The molecule has 1 aromatic heterocycles. The van der Waals surface area contributed by atoms with Crippen LogP contribution < -0.4 is 10.6 Å². The van der Waals surface area contributed by atoms with Gasteiger partial charge in [-0.2, -0.15) is 0 Å². The first kappa shape index (κ1) is 13.5. The monoisotopic (exact) mass is 312 g/mol. The molecular weight excluding hydrogens is 296 g/mol. The Morgan fingerprint density at radius 1 is 1.56 bits per heavy atom. The first-order chi connectivity index (χ1) is 8.68. The second-order valence-corrected chi connectivity index (χ2v) is 5.14. The predicted octanol–water partition coefficient (Wildman–Crippen LogP) is 1.08. The molecule has 1 aromatic rings. The van der Waals surface area contributed by atoms with Crippen LogP contribution in [-0.4, -0.2) is 48.0 Å². The van der Waals surface area contributed by atoms with Gasteiger partial charge in [0.05, 0.1) is 10.5 Å². The molecule has 0 bridgehead atoms. The normalized spacial score (nSPS) is 18.3. The maximum absolute atomic E-state index is 12.1. The number of rotatable bonds is 3. The Hall–Kier alpha value is -0.980. The van der Waals surface area contributed by atoms with Gasteiger partial charge >= 0.3 is 0 Å².